The molecule has 0 aliphatic heterocycles. The Kier molecular flexibility index (Phi) is 5.88. The van der Waals surface area contributed by atoms with Crippen LogP contribution < -0.4 is 5.32 Å². The minimum absolute atomic E-state index is 0.619. The predicted octanol–water partition coefficient (Wildman–Crippen LogP) is 3.42. The molecule has 1 rings (SSSR count). The summed E-state index contributed by atoms with van der Waals surface area (Å²) in [6.07, 6.45) is 6.84. The second kappa shape index (κ2) is 6.68. The third kappa shape index (κ3) is 4.18. The van der Waals surface area contributed by atoms with Gasteiger partial charge in [-0.2, -0.15) is 0 Å². The van der Waals surface area contributed by atoms with Crippen molar-refractivity contribution >= 4 is 11.6 Å². The Hall–Kier alpha value is 0.250. The average molecular weight is 218 g/mol. The van der Waals surface area contributed by atoms with E-state index in [-0.39, 0.29) is 0 Å². The van der Waals surface area contributed by atoms with Gasteiger partial charge in [0.2, 0.25) is 0 Å². The summed E-state index contributed by atoms with van der Waals surface area (Å²) in [7, 11) is 0. The number of nitrogens with one attached hydrogen (secondary N) is 1. The SMILES string of the molecule is CC(C)C(CCCl)NCC1CCCC1. The molecule has 1 saturated carbocycles. The van der Waals surface area contributed by atoms with Gasteiger partial charge >= 0.3 is 0 Å². The van der Waals surface area contributed by atoms with E-state index < -0.39 is 0 Å². The van der Waals surface area contributed by atoms with Gasteiger partial charge in [0.15, 0.2) is 0 Å². The van der Waals surface area contributed by atoms with Crippen LogP contribution in [-0.2, 0) is 0 Å². The van der Waals surface area contributed by atoms with Gasteiger partial charge in [0.1, 0.15) is 0 Å². The van der Waals surface area contributed by atoms with Crippen molar-refractivity contribution in [2.45, 2.75) is 52.0 Å². The van der Waals surface area contributed by atoms with Crippen molar-refractivity contribution in [1.82, 2.24) is 5.32 Å². The molecule has 0 heterocycles. The molecule has 14 heavy (non-hydrogen) atoms. The molecule has 0 bridgehead atoms. The molecule has 1 N–H and O–H groups in total. The van der Waals surface area contributed by atoms with E-state index in [1.807, 2.05) is 0 Å². The van der Waals surface area contributed by atoms with E-state index in [2.05, 4.69) is 19.2 Å². The fourth-order valence-corrected chi connectivity index (χ4v) is 2.56. The first-order valence-corrected chi connectivity index (χ1v) is 6.57. The zero-order valence-corrected chi connectivity index (χ0v) is 10.3. The smallest absolute Gasteiger partial charge is 0.0238 e. The molecular formula is C12H24ClN. The largest absolute Gasteiger partial charge is 0.313 e. The van der Waals surface area contributed by atoms with Crippen LogP contribution in [0.2, 0.25) is 0 Å². The van der Waals surface area contributed by atoms with Crippen molar-refractivity contribution in [3.05, 3.63) is 0 Å². The summed E-state index contributed by atoms with van der Waals surface area (Å²) in [5.41, 5.74) is 0. The number of rotatable bonds is 6. The lowest BCUT2D eigenvalue weighted by atomic mass is 10.0. The Morgan fingerprint density at radius 2 is 1.93 bits per heavy atom. The molecule has 1 atom stereocenters. The van der Waals surface area contributed by atoms with Gasteiger partial charge in [-0.25, -0.2) is 0 Å². The van der Waals surface area contributed by atoms with Crippen LogP contribution in [0, 0.1) is 11.8 Å². The van der Waals surface area contributed by atoms with Crippen molar-refractivity contribution < 1.29 is 0 Å². The number of hydrogen-bond donors (Lipinski definition) is 1. The lowest BCUT2D eigenvalue weighted by molar-refractivity contribution is 0.356. The molecule has 0 saturated heterocycles. The number of hydrogen-bond acceptors (Lipinski definition) is 1. The van der Waals surface area contributed by atoms with Crippen LogP contribution in [0.25, 0.3) is 0 Å². The summed E-state index contributed by atoms with van der Waals surface area (Å²) in [6, 6.07) is 0.619. The zero-order valence-electron chi connectivity index (χ0n) is 9.56. The minimum Gasteiger partial charge on any atom is -0.313 e. The predicted molar refractivity (Wildman–Crippen MR) is 63.9 cm³/mol. The van der Waals surface area contributed by atoms with Crippen LogP contribution >= 0.6 is 11.6 Å². The fourth-order valence-electron chi connectivity index (χ4n) is 2.32. The van der Waals surface area contributed by atoms with E-state index in [0.29, 0.717) is 12.0 Å². The Bertz CT molecular complexity index is 141. The average Bonchev–Trinajstić information content (AvgIpc) is 2.64. The van der Waals surface area contributed by atoms with Crippen LogP contribution in [0.3, 0.4) is 0 Å². The standard InChI is InChI=1S/C12H24ClN/c1-10(2)12(7-8-13)14-9-11-5-3-4-6-11/h10-12,14H,3-9H2,1-2H3. The molecule has 1 nitrogen and oxygen atoms in total. The first kappa shape index (κ1) is 12.3. The molecule has 0 radical (unpaired) electrons. The fraction of sp³-hybridized carbons (Fsp3) is 1.00. The summed E-state index contributed by atoms with van der Waals surface area (Å²) in [6.45, 7) is 5.76. The Morgan fingerprint density at radius 1 is 1.29 bits per heavy atom. The molecule has 84 valence electrons. The molecule has 2 heteroatoms. The second-order valence-corrected chi connectivity index (χ2v) is 5.26. The van der Waals surface area contributed by atoms with Gasteiger partial charge in [0, 0.05) is 11.9 Å². The molecule has 0 amide bonds. The Morgan fingerprint density at radius 3 is 2.43 bits per heavy atom. The van der Waals surface area contributed by atoms with E-state index in [1.54, 1.807) is 0 Å². The summed E-state index contributed by atoms with van der Waals surface area (Å²) >= 11 is 5.80. The van der Waals surface area contributed by atoms with Crippen molar-refractivity contribution in [2.75, 3.05) is 12.4 Å². The van der Waals surface area contributed by atoms with E-state index >= 15 is 0 Å². The van der Waals surface area contributed by atoms with Gasteiger partial charge in [-0.15, -0.1) is 11.6 Å². The molecule has 0 aromatic heterocycles. The van der Waals surface area contributed by atoms with Gasteiger partial charge in [0.25, 0.3) is 0 Å². The Labute approximate surface area is 93.6 Å². The summed E-state index contributed by atoms with van der Waals surface area (Å²) < 4.78 is 0. The first-order chi connectivity index (χ1) is 6.74. The first-order valence-electron chi connectivity index (χ1n) is 6.03. The molecule has 0 aromatic rings. The molecular weight excluding hydrogens is 194 g/mol. The van der Waals surface area contributed by atoms with Crippen LogP contribution in [-0.4, -0.2) is 18.5 Å². The van der Waals surface area contributed by atoms with Crippen molar-refractivity contribution in [2.24, 2.45) is 11.8 Å². The topological polar surface area (TPSA) is 12.0 Å². The highest BCUT2D eigenvalue weighted by molar-refractivity contribution is 6.17. The van der Waals surface area contributed by atoms with Gasteiger partial charge < -0.3 is 5.32 Å². The molecule has 0 spiro atoms. The number of alkyl halides is 1. The maximum absolute atomic E-state index is 5.80. The third-order valence-electron chi connectivity index (χ3n) is 3.37. The molecule has 1 unspecified atom stereocenters. The monoisotopic (exact) mass is 217 g/mol. The van der Waals surface area contributed by atoms with Crippen LogP contribution in [0.4, 0.5) is 0 Å². The van der Waals surface area contributed by atoms with Crippen LogP contribution in [0.15, 0.2) is 0 Å². The lowest BCUT2D eigenvalue weighted by Crippen LogP contribution is -2.37. The summed E-state index contributed by atoms with van der Waals surface area (Å²) in [4.78, 5) is 0. The normalized spacial score (nSPS) is 20.6. The molecule has 0 aromatic carbocycles. The highest BCUT2D eigenvalue weighted by Gasteiger charge is 2.18. The summed E-state index contributed by atoms with van der Waals surface area (Å²) in [5.74, 6) is 2.42. The van der Waals surface area contributed by atoms with E-state index in [0.717, 1.165) is 18.2 Å². The molecule has 1 fully saturated rings. The van der Waals surface area contributed by atoms with Crippen molar-refractivity contribution in [3.63, 3.8) is 0 Å². The minimum atomic E-state index is 0.619. The molecule has 1 aliphatic carbocycles. The quantitative estimate of drug-likeness (QED) is 0.673. The number of halogens is 1. The van der Waals surface area contributed by atoms with Gasteiger partial charge in [0.05, 0.1) is 0 Å². The van der Waals surface area contributed by atoms with E-state index in [9.17, 15) is 0 Å². The lowest BCUT2D eigenvalue weighted by Gasteiger charge is -2.23. The highest BCUT2D eigenvalue weighted by Crippen LogP contribution is 2.24. The van der Waals surface area contributed by atoms with Gasteiger partial charge in [-0.3, -0.25) is 0 Å². The van der Waals surface area contributed by atoms with Crippen molar-refractivity contribution in [1.29, 1.82) is 0 Å². The molecule has 1 aliphatic rings. The van der Waals surface area contributed by atoms with Gasteiger partial charge in [-0.05, 0) is 37.6 Å². The van der Waals surface area contributed by atoms with Gasteiger partial charge in [-0.1, -0.05) is 26.7 Å². The maximum Gasteiger partial charge on any atom is 0.0238 e. The Balaban J connectivity index is 2.17. The van der Waals surface area contributed by atoms with E-state index in [1.165, 1.54) is 32.2 Å². The van der Waals surface area contributed by atoms with Crippen LogP contribution in [0.5, 0.6) is 0 Å². The second-order valence-electron chi connectivity index (χ2n) is 4.89. The zero-order chi connectivity index (χ0) is 10.4. The van der Waals surface area contributed by atoms with E-state index in [4.69, 9.17) is 11.6 Å². The van der Waals surface area contributed by atoms with Crippen molar-refractivity contribution in [3.8, 4) is 0 Å². The highest BCUT2D eigenvalue weighted by atomic mass is 35.5. The third-order valence-corrected chi connectivity index (χ3v) is 3.59. The maximum atomic E-state index is 5.80. The van der Waals surface area contributed by atoms with Crippen LogP contribution in [0.1, 0.15) is 46.0 Å². The summed E-state index contributed by atoms with van der Waals surface area (Å²) in [5, 5.41) is 3.68.